The second kappa shape index (κ2) is 8.72. The van der Waals surface area contributed by atoms with E-state index in [1.54, 1.807) is 12.3 Å². The van der Waals surface area contributed by atoms with Crippen LogP contribution in [0.4, 0.5) is 8.78 Å². The minimum atomic E-state index is -0.533. The topological polar surface area (TPSA) is 39.2 Å². The highest BCUT2D eigenvalue weighted by Gasteiger charge is 2.11. The molecule has 0 aliphatic carbocycles. The number of ether oxygens (including phenoxy) is 1. The number of aromatic nitrogens is 1. The molecule has 6 heteroatoms. The number of rotatable bonds is 8. The fraction of sp³-hybridized carbons (Fsp3) is 0.412. The van der Waals surface area contributed by atoms with E-state index in [2.05, 4.69) is 4.98 Å². The number of carbonyl (C=O) groups excluding carboxylic acids is 1. The zero-order valence-corrected chi connectivity index (χ0v) is 13.8. The van der Waals surface area contributed by atoms with Gasteiger partial charge in [-0.3, -0.25) is 0 Å². The van der Waals surface area contributed by atoms with Crippen molar-refractivity contribution in [2.45, 2.75) is 39.0 Å². The van der Waals surface area contributed by atoms with Gasteiger partial charge >= 0.3 is 5.97 Å². The summed E-state index contributed by atoms with van der Waals surface area (Å²) in [5, 5.41) is 2.62. The Morgan fingerprint density at radius 1 is 1.13 bits per heavy atom. The number of unbranched alkanes of at least 4 members (excludes halogenated alkanes) is 2. The SMILES string of the molecule is CCOC(=O)c1csc(CCCCCc2cc(F)cc(F)c2)n1. The second-order valence-electron chi connectivity index (χ2n) is 5.19. The van der Waals surface area contributed by atoms with Crippen molar-refractivity contribution in [1.82, 2.24) is 4.98 Å². The van der Waals surface area contributed by atoms with Crippen LogP contribution >= 0.6 is 11.3 Å². The van der Waals surface area contributed by atoms with E-state index in [9.17, 15) is 13.6 Å². The first-order chi connectivity index (χ1) is 11.1. The molecule has 0 saturated carbocycles. The van der Waals surface area contributed by atoms with Gasteiger partial charge in [-0.05, 0) is 50.3 Å². The van der Waals surface area contributed by atoms with Crippen LogP contribution < -0.4 is 0 Å². The van der Waals surface area contributed by atoms with Crippen LogP contribution in [0.15, 0.2) is 23.6 Å². The summed E-state index contributed by atoms with van der Waals surface area (Å²) in [7, 11) is 0. The van der Waals surface area contributed by atoms with Gasteiger partial charge in [-0.2, -0.15) is 0 Å². The second-order valence-corrected chi connectivity index (χ2v) is 6.13. The van der Waals surface area contributed by atoms with E-state index < -0.39 is 11.6 Å². The van der Waals surface area contributed by atoms with Gasteiger partial charge in [-0.1, -0.05) is 6.42 Å². The molecular weight excluding hydrogens is 320 g/mol. The summed E-state index contributed by atoms with van der Waals surface area (Å²) in [6.07, 6.45) is 4.17. The molecule has 1 heterocycles. The quantitative estimate of drug-likeness (QED) is 0.523. The Morgan fingerprint density at radius 2 is 1.83 bits per heavy atom. The molecule has 0 bridgehead atoms. The van der Waals surface area contributed by atoms with Gasteiger partial charge in [-0.15, -0.1) is 11.3 Å². The molecule has 1 aromatic carbocycles. The molecule has 0 saturated heterocycles. The fourth-order valence-electron chi connectivity index (χ4n) is 2.26. The molecule has 0 spiro atoms. The summed E-state index contributed by atoms with van der Waals surface area (Å²) in [4.78, 5) is 15.8. The molecule has 0 unspecified atom stereocenters. The molecule has 0 N–H and O–H groups in total. The van der Waals surface area contributed by atoms with Crippen molar-refractivity contribution in [3.8, 4) is 0 Å². The van der Waals surface area contributed by atoms with Crippen LogP contribution in [0.2, 0.25) is 0 Å². The highest BCUT2D eigenvalue weighted by Crippen LogP contribution is 2.16. The Balaban J connectivity index is 1.70. The smallest absolute Gasteiger partial charge is 0.357 e. The van der Waals surface area contributed by atoms with Crippen molar-refractivity contribution in [2.75, 3.05) is 6.61 Å². The van der Waals surface area contributed by atoms with E-state index >= 15 is 0 Å². The molecule has 2 rings (SSSR count). The Morgan fingerprint density at radius 3 is 2.52 bits per heavy atom. The number of halogens is 2. The van der Waals surface area contributed by atoms with Gasteiger partial charge in [0, 0.05) is 11.4 Å². The molecular formula is C17H19F2NO2S. The highest BCUT2D eigenvalue weighted by atomic mass is 32.1. The third kappa shape index (κ3) is 5.71. The van der Waals surface area contributed by atoms with Gasteiger partial charge in [0.2, 0.25) is 0 Å². The molecule has 0 aliphatic heterocycles. The minimum absolute atomic E-state index is 0.340. The summed E-state index contributed by atoms with van der Waals surface area (Å²) < 4.78 is 31.0. The van der Waals surface area contributed by atoms with Gasteiger partial charge in [-0.25, -0.2) is 18.6 Å². The molecule has 1 aromatic heterocycles. The van der Waals surface area contributed by atoms with Crippen molar-refractivity contribution in [3.05, 3.63) is 51.5 Å². The molecule has 0 fully saturated rings. The van der Waals surface area contributed by atoms with Crippen LogP contribution in [-0.2, 0) is 17.6 Å². The number of carbonyl (C=O) groups is 1. The minimum Gasteiger partial charge on any atom is -0.461 e. The summed E-state index contributed by atoms with van der Waals surface area (Å²) in [5.74, 6) is -1.45. The molecule has 0 atom stereocenters. The molecule has 23 heavy (non-hydrogen) atoms. The van der Waals surface area contributed by atoms with Gasteiger partial charge in [0.05, 0.1) is 11.6 Å². The zero-order valence-electron chi connectivity index (χ0n) is 13.0. The Kier molecular flexibility index (Phi) is 6.65. The van der Waals surface area contributed by atoms with Crippen LogP contribution in [0.25, 0.3) is 0 Å². The standard InChI is InChI=1S/C17H19F2NO2S/c1-2-22-17(21)15-11-23-16(20-15)7-5-3-4-6-12-8-13(18)10-14(19)9-12/h8-11H,2-7H2,1H3. The number of nitrogens with zero attached hydrogens (tertiary/aromatic N) is 1. The lowest BCUT2D eigenvalue weighted by molar-refractivity contribution is 0.0520. The van der Waals surface area contributed by atoms with E-state index in [1.165, 1.54) is 23.5 Å². The Labute approximate surface area is 138 Å². The number of hydrogen-bond acceptors (Lipinski definition) is 4. The van der Waals surface area contributed by atoms with Crippen LogP contribution in [0, 0.1) is 11.6 Å². The number of thiazole rings is 1. The average molecular weight is 339 g/mol. The molecule has 2 aromatic rings. The van der Waals surface area contributed by atoms with Gasteiger partial charge in [0.25, 0.3) is 0 Å². The number of hydrogen-bond donors (Lipinski definition) is 0. The van der Waals surface area contributed by atoms with E-state index in [0.29, 0.717) is 24.3 Å². The molecule has 3 nitrogen and oxygen atoms in total. The summed E-state index contributed by atoms with van der Waals surface area (Å²) in [5.41, 5.74) is 1.04. The number of esters is 1. The van der Waals surface area contributed by atoms with Crippen molar-refractivity contribution in [1.29, 1.82) is 0 Å². The lowest BCUT2D eigenvalue weighted by Crippen LogP contribution is -2.05. The predicted molar refractivity (Wildman–Crippen MR) is 85.7 cm³/mol. The van der Waals surface area contributed by atoms with E-state index in [1.807, 2.05) is 0 Å². The Hall–Kier alpha value is -1.82. The fourth-order valence-corrected chi connectivity index (χ4v) is 3.07. The molecule has 0 radical (unpaired) electrons. The van der Waals surface area contributed by atoms with Crippen LogP contribution in [0.5, 0.6) is 0 Å². The van der Waals surface area contributed by atoms with Crippen molar-refractivity contribution in [3.63, 3.8) is 0 Å². The number of aryl methyl sites for hydroxylation is 2. The maximum atomic E-state index is 13.1. The summed E-state index contributed by atoms with van der Waals surface area (Å²) in [6, 6.07) is 3.62. The summed E-state index contributed by atoms with van der Waals surface area (Å²) in [6.45, 7) is 2.10. The molecule has 0 aliphatic rings. The third-order valence-corrected chi connectivity index (χ3v) is 4.22. The van der Waals surface area contributed by atoms with E-state index in [4.69, 9.17) is 4.74 Å². The maximum absolute atomic E-state index is 13.1. The summed E-state index contributed by atoms with van der Waals surface area (Å²) >= 11 is 1.45. The van der Waals surface area contributed by atoms with Gasteiger partial charge in [0.1, 0.15) is 11.6 Å². The van der Waals surface area contributed by atoms with Gasteiger partial charge < -0.3 is 4.74 Å². The largest absolute Gasteiger partial charge is 0.461 e. The average Bonchev–Trinajstić information content (AvgIpc) is 2.95. The monoisotopic (exact) mass is 339 g/mol. The molecule has 0 amide bonds. The van der Waals surface area contributed by atoms with Gasteiger partial charge in [0.15, 0.2) is 5.69 Å². The maximum Gasteiger partial charge on any atom is 0.357 e. The first-order valence-electron chi connectivity index (χ1n) is 7.65. The first kappa shape index (κ1) is 17.5. The van der Waals surface area contributed by atoms with E-state index in [-0.39, 0.29) is 5.97 Å². The first-order valence-corrected chi connectivity index (χ1v) is 8.53. The van der Waals surface area contributed by atoms with Crippen LogP contribution in [-0.4, -0.2) is 17.6 Å². The lowest BCUT2D eigenvalue weighted by Gasteiger charge is -2.02. The highest BCUT2D eigenvalue weighted by molar-refractivity contribution is 7.09. The molecule has 124 valence electrons. The zero-order chi connectivity index (χ0) is 16.7. The van der Waals surface area contributed by atoms with Crippen molar-refractivity contribution in [2.24, 2.45) is 0 Å². The predicted octanol–water partition coefficient (Wildman–Crippen LogP) is 4.55. The third-order valence-electron chi connectivity index (χ3n) is 3.31. The van der Waals surface area contributed by atoms with Crippen molar-refractivity contribution >= 4 is 17.3 Å². The Bertz CT molecular complexity index is 638. The van der Waals surface area contributed by atoms with Crippen LogP contribution in [0.3, 0.4) is 0 Å². The van der Waals surface area contributed by atoms with E-state index in [0.717, 1.165) is 36.8 Å². The lowest BCUT2D eigenvalue weighted by atomic mass is 10.1. The number of benzene rings is 1. The normalized spacial score (nSPS) is 10.7. The van der Waals surface area contributed by atoms with Crippen molar-refractivity contribution < 1.29 is 18.3 Å². The van der Waals surface area contributed by atoms with Crippen LogP contribution in [0.1, 0.15) is 47.2 Å².